The first-order valence-electron chi connectivity index (χ1n) is 4.17. The van der Waals surface area contributed by atoms with Crippen molar-refractivity contribution in [1.82, 2.24) is 0 Å². The van der Waals surface area contributed by atoms with E-state index in [2.05, 4.69) is 0 Å². The largest absolute Gasteiger partial charge is 0.396 e. The Morgan fingerprint density at radius 3 is 1.58 bits per heavy atom. The van der Waals surface area contributed by atoms with Crippen LogP contribution in [0.4, 0.5) is 0 Å². The van der Waals surface area contributed by atoms with Crippen molar-refractivity contribution in [2.45, 2.75) is 25.9 Å². The van der Waals surface area contributed by atoms with Crippen LogP contribution in [0.3, 0.4) is 0 Å². The number of hydrogen-bond donors (Lipinski definition) is 2. The summed E-state index contributed by atoms with van der Waals surface area (Å²) >= 11 is 0. The third kappa shape index (κ3) is 2.89. The monoisotopic (exact) mass is 194 g/mol. The van der Waals surface area contributed by atoms with E-state index in [1.807, 2.05) is 20.8 Å². The SMILES string of the molecule is CC(C)(C)P(=O)(CCO)CCO. The molecule has 12 heavy (non-hydrogen) atoms. The highest BCUT2D eigenvalue weighted by molar-refractivity contribution is 7.65. The van der Waals surface area contributed by atoms with Crippen LogP contribution in [-0.4, -0.2) is 40.9 Å². The summed E-state index contributed by atoms with van der Waals surface area (Å²) in [5.74, 6) is 0. The molecule has 0 rings (SSSR count). The number of hydrogen-bond acceptors (Lipinski definition) is 3. The van der Waals surface area contributed by atoms with Crippen LogP contribution in [0, 0.1) is 0 Å². The molecule has 0 radical (unpaired) electrons. The highest BCUT2D eigenvalue weighted by Gasteiger charge is 2.34. The molecule has 3 nitrogen and oxygen atoms in total. The van der Waals surface area contributed by atoms with E-state index in [0.29, 0.717) is 12.3 Å². The maximum atomic E-state index is 12.1. The van der Waals surface area contributed by atoms with E-state index in [-0.39, 0.29) is 18.4 Å². The summed E-state index contributed by atoms with van der Waals surface area (Å²) in [6, 6.07) is 0. The highest BCUT2D eigenvalue weighted by Crippen LogP contribution is 2.56. The van der Waals surface area contributed by atoms with Crippen molar-refractivity contribution in [3.63, 3.8) is 0 Å². The van der Waals surface area contributed by atoms with Crippen LogP contribution in [0.5, 0.6) is 0 Å². The lowest BCUT2D eigenvalue weighted by atomic mass is 10.3. The summed E-state index contributed by atoms with van der Waals surface area (Å²) in [7, 11) is -2.40. The molecule has 0 heterocycles. The molecule has 0 spiro atoms. The molecule has 0 unspecified atom stereocenters. The lowest BCUT2D eigenvalue weighted by Gasteiger charge is -2.30. The number of aliphatic hydroxyl groups excluding tert-OH is 2. The average molecular weight is 194 g/mol. The van der Waals surface area contributed by atoms with Crippen LogP contribution < -0.4 is 0 Å². The van der Waals surface area contributed by atoms with E-state index in [1.165, 1.54) is 0 Å². The fourth-order valence-corrected chi connectivity index (χ4v) is 3.32. The van der Waals surface area contributed by atoms with Gasteiger partial charge in [0.2, 0.25) is 0 Å². The van der Waals surface area contributed by atoms with Crippen LogP contribution in [0.1, 0.15) is 20.8 Å². The molecule has 0 saturated carbocycles. The zero-order valence-corrected chi connectivity index (χ0v) is 8.97. The maximum Gasteiger partial charge on any atom is 0.0972 e. The third-order valence-corrected chi connectivity index (χ3v) is 6.43. The van der Waals surface area contributed by atoms with Gasteiger partial charge in [0, 0.05) is 30.7 Å². The molecule has 74 valence electrons. The van der Waals surface area contributed by atoms with Crippen molar-refractivity contribution in [2.75, 3.05) is 25.5 Å². The summed E-state index contributed by atoms with van der Waals surface area (Å²) in [6.45, 7) is 5.54. The van der Waals surface area contributed by atoms with Crippen molar-refractivity contribution in [2.24, 2.45) is 0 Å². The molecule has 0 aliphatic rings. The molecule has 0 atom stereocenters. The fraction of sp³-hybridized carbons (Fsp3) is 1.00. The summed E-state index contributed by atoms with van der Waals surface area (Å²) in [4.78, 5) is 0. The average Bonchev–Trinajstić information content (AvgIpc) is 1.86. The Morgan fingerprint density at radius 1 is 1.08 bits per heavy atom. The van der Waals surface area contributed by atoms with E-state index in [0.717, 1.165) is 0 Å². The fourth-order valence-electron chi connectivity index (χ4n) is 1.11. The Bertz CT molecular complexity index is 162. The normalized spacial score (nSPS) is 13.4. The first-order valence-corrected chi connectivity index (χ1v) is 6.25. The first-order chi connectivity index (χ1) is 5.37. The number of rotatable bonds is 4. The molecule has 0 aliphatic carbocycles. The molecule has 0 aromatic carbocycles. The van der Waals surface area contributed by atoms with Crippen molar-refractivity contribution >= 4 is 7.14 Å². The van der Waals surface area contributed by atoms with Crippen LogP contribution in [0.15, 0.2) is 0 Å². The van der Waals surface area contributed by atoms with E-state index in [4.69, 9.17) is 10.2 Å². The summed E-state index contributed by atoms with van der Waals surface area (Å²) in [5, 5.41) is 17.2. The second kappa shape index (κ2) is 4.40. The predicted molar refractivity (Wildman–Crippen MR) is 51.3 cm³/mol. The topological polar surface area (TPSA) is 57.5 Å². The molecular weight excluding hydrogens is 175 g/mol. The van der Waals surface area contributed by atoms with Crippen molar-refractivity contribution in [3.05, 3.63) is 0 Å². The predicted octanol–water partition coefficient (Wildman–Crippen LogP) is 1.13. The lowest BCUT2D eigenvalue weighted by Crippen LogP contribution is -2.22. The Kier molecular flexibility index (Phi) is 4.46. The lowest BCUT2D eigenvalue weighted by molar-refractivity contribution is 0.309. The van der Waals surface area contributed by atoms with Gasteiger partial charge in [0.15, 0.2) is 0 Å². The second-order valence-corrected chi connectivity index (χ2v) is 7.97. The minimum Gasteiger partial charge on any atom is -0.396 e. The molecule has 0 bridgehead atoms. The van der Waals surface area contributed by atoms with Crippen LogP contribution >= 0.6 is 7.14 Å². The van der Waals surface area contributed by atoms with Crippen molar-refractivity contribution in [1.29, 1.82) is 0 Å². The van der Waals surface area contributed by atoms with Crippen LogP contribution in [-0.2, 0) is 4.57 Å². The minimum absolute atomic E-state index is 0.0610. The van der Waals surface area contributed by atoms with E-state index in [9.17, 15) is 4.57 Å². The van der Waals surface area contributed by atoms with Crippen molar-refractivity contribution < 1.29 is 14.8 Å². The summed E-state index contributed by atoms with van der Waals surface area (Å²) in [5.41, 5.74) is 0. The van der Waals surface area contributed by atoms with Gasteiger partial charge in [-0.3, -0.25) is 0 Å². The molecule has 4 heteroatoms. The second-order valence-electron chi connectivity index (χ2n) is 3.95. The molecule has 0 aromatic rings. The van der Waals surface area contributed by atoms with Gasteiger partial charge in [0.05, 0.1) is 7.14 Å². The molecular formula is C8H19O3P. The van der Waals surface area contributed by atoms with Gasteiger partial charge in [0.1, 0.15) is 0 Å². The van der Waals surface area contributed by atoms with Crippen molar-refractivity contribution in [3.8, 4) is 0 Å². The van der Waals surface area contributed by atoms with Gasteiger partial charge < -0.3 is 14.8 Å². The van der Waals surface area contributed by atoms with Gasteiger partial charge in [-0.15, -0.1) is 0 Å². The zero-order valence-electron chi connectivity index (χ0n) is 8.08. The first kappa shape index (κ1) is 12.2. The highest BCUT2D eigenvalue weighted by atomic mass is 31.2. The van der Waals surface area contributed by atoms with Gasteiger partial charge in [-0.05, 0) is 0 Å². The van der Waals surface area contributed by atoms with E-state index < -0.39 is 7.14 Å². The minimum atomic E-state index is -2.40. The van der Waals surface area contributed by atoms with E-state index in [1.54, 1.807) is 0 Å². The molecule has 0 aromatic heterocycles. The van der Waals surface area contributed by atoms with Gasteiger partial charge in [0.25, 0.3) is 0 Å². The van der Waals surface area contributed by atoms with Gasteiger partial charge >= 0.3 is 0 Å². The Hall–Kier alpha value is 0.150. The van der Waals surface area contributed by atoms with Gasteiger partial charge in [-0.1, -0.05) is 20.8 Å². The Morgan fingerprint density at radius 2 is 1.42 bits per heavy atom. The molecule has 0 aliphatic heterocycles. The smallest absolute Gasteiger partial charge is 0.0972 e. The van der Waals surface area contributed by atoms with Gasteiger partial charge in [-0.25, -0.2) is 0 Å². The zero-order chi connectivity index (χ0) is 9.83. The van der Waals surface area contributed by atoms with Crippen LogP contribution in [0.2, 0.25) is 0 Å². The van der Waals surface area contributed by atoms with Crippen LogP contribution in [0.25, 0.3) is 0 Å². The third-order valence-electron chi connectivity index (χ3n) is 2.14. The number of aliphatic hydroxyl groups is 2. The molecule has 0 saturated heterocycles. The maximum absolute atomic E-state index is 12.1. The Labute approximate surface area is 74.2 Å². The molecule has 2 N–H and O–H groups in total. The Balaban J connectivity index is 4.51. The molecule has 0 fully saturated rings. The van der Waals surface area contributed by atoms with Gasteiger partial charge in [-0.2, -0.15) is 0 Å². The summed E-state index contributed by atoms with van der Waals surface area (Å²) in [6.07, 6.45) is 0.633. The standard InChI is InChI=1S/C8H19O3P/c1-8(2,3)12(11,6-4-9)7-5-10/h9-10H,4-7H2,1-3H3. The molecule has 0 amide bonds. The summed E-state index contributed by atoms with van der Waals surface area (Å²) < 4.78 is 12.1. The quantitative estimate of drug-likeness (QED) is 0.659. The van der Waals surface area contributed by atoms with E-state index >= 15 is 0 Å².